The molecule has 11 heteroatoms. The third kappa shape index (κ3) is 9.65. The first-order valence-electron chi connectivity index (χ1n) is 11.6. The van der Waals surface area contributed by atoms with Crippen LogP contribution in [0.3, 0.4) is 0 Å². The SMILES string of the molecule is NC1CCC(CC2CN(CC(=O)O)CCN(CO)CCN(CO)CCN2CC(=O)O)CC1. The Hall–Kier alpha value is -1.34. The molecule has 2 fully saturated rings. The Labute approximate surface area is 190 Å². The lowest BCUT2D eigenvalue weighted by Crippen LogP contribution is -2.53. The second kappa shape index (κ2) is 14.0. The zero-order valence-electron chi connectivity index (χ0n) is 19.0. The largest absolute Gasteiger partial charge is 0.480 e. The first kappa shape index (κ1) is 26.9. The van der Waals surface area contributed by atoms with Crippen molar-refractivity contribution < 1.29 is 30.0 Å². The number of hydrogen-bond acceptors (Lipinski definition) is 9. The van der Waals surface area contributed by atoms with Gasteiger partial charge in [0, 0.05) is 57.9 Å². The average molecular weight is 460 g/mol. The summed E-state index contributed by atoms with van der Waals surface area (Å²) in [6, 6.07) is 0.107. The van der Waals surface area contributed by atoms with Crippen molar-refractivity contribution >= 4 is 11.9 Å². The number of hydrogen-bond donors (Lipinski definition) is 5. The van der Waals surface area contributed by atoms with Crippen LogP contribution in [0.1, 0.15) is 32.1 Å². The van der Waals surface area contributed by atoms with Gasteiger partial charge in [-0.3, -0.25) is 29.2 Å². The number of nitrogens with two attached hydrogens (primary N) is 1. The van der Waals surface area contributed by atoms with Crippen LogP contribution < -0.4 is 5.73 Å². The molecule has 32 heavy (non-hydrogen) atoms. The summed E-state index contributed by atoms with van der Waals surface area (Å²) in [6.07, 6.45) is 4.70. The molecule has 2 aliphatic rings. The Kier molecular flexibility index (Phi) is 11.8. The van der Waals surface area contributed by atoms with E-state index in [0.717, 1.165) is 32.1 Å². The molecule has 0 aromatic rings. The van der Waals surface area contributed by atoms with Crippen LogP contribution in [0.2, 0.25) is 0 Å². The van der Waals surface area contributed by atoms with Crippen LogP contribution in [-0.2, 0) is 9.59 Å². The molecule has 11 nitrogen and oxygen atoms in total. The van der Waals surface area contributed by atoms with E-state index in [1.54, 1.807) is 0 Å². The van der Waals surface area contributed by atoms with E-state index in [1.807, 2.05) is 19.6 Å². The average Bonchev–Trinajstić information content (AvgIpc) is 2.74. The molecule has 1 aliphatic carbocycles. The summed E-state index contributed by atoms with van der Waals surface area (Å²) in [5.41, 5.74) is 6.06. The Morgan fingerprint density at radius 3 is 1.75 bits per heavy atom. The fourth-order valence-corrected chi connectivity index (χ4v) is 4.78. The van der Waals surface area contributed by atoms with Gasteiger partial charge in [-0.05, 0) is 38.0 Å². The smallest absolute Gasteiger partial charge is 0.317 e. The molecular weight excluding hydrogens is 418 g/mol. The maximum Gasteiger partial charge on any atom is 0.317 e. The summed E-state index contributed by atoms with van der Waals surface area (Å²) in [5.74, 6) is -1.41. The molecule has 2 rings (SSSR count). The number of aliphatic hydroxyl groups is 2. The van der Waals surface area contributed by atoms with E-state index in [2.05, 4.69) is 0 Å². The van der Waals surface area contributed by atoms with Gasteiger partial charge in [0.05, 0.1) is 26.6 Å². The molecule has 0 amide bonds. The van der Waals surface area contributed by atoms with Crippen molar-refractivity contribution in [1.82, 2.24) is 19.6 Å². The molecule has 0 aromatic heterocycles. The number of nitrogens with zero attached hydrogens (tertiary/aromatic N) is 4. The Balaban J connectivity index is 2.23. The van der Waals surface area contributed by atoms with Crippen molar-refractivity contribution in [1.29, 1.82) is 0 Å². The molecule has 0 spiro atoms. The van der Waals surface area contributed by atoms with E-state index in [1.165, 1.54) is 0 Å². The van der Waals surface area contributed by atoms with Crippen molar-refractivity contribution in [2.24, 2.45) is 11.7 Å². The molecule has 186 valence electrons. The van der Waals surface area contributed by atoms with Crippen molar-refractivity contribution in [3.63, 3.8) is 0 Å². The van der Waals surface area contributed by atoms with Gasteiger partial charge in [-0.2, -0.15) is 0 Å². The molecule has 1 saturated heterocycles. The monoisotopic (exact) mass is 459 g/mol. The van der Waals surface area contributed by atoms with E-state index in [0.29, 0.717) is 51.7 Å². The molecule has 0 bridgehead atoms. The lowest BCUT2D eigenvalue weighted by atomic mass is 9.82. The second-order valence-electron chi connectivity index (χ2n) is 9.18. The first-order valence-corrected chi connectivity index (χ1v) is 11.6. The zero-order chi connectivity index (χ0) is 23.5. The second-order valence-corrected chi connectivity index (χ2v) is 9.18. The highest BCUT2D eigenvalue weighted by molar-refractivity contribution is 5.69. The van der Waals surface area contributed by atoms with Gasteiger partial charge in [0.2, 0.25) is 0 Å². The standard InChI is InChI=1S/C21H41N5O6/c22-18-3-1-17(2-4-18)11-19-12-25(13-20(29)30)8-7-23(15-27)5-6-24(16-28)9-10-26(19)14-21(31)32/h17-19,27-28H,1-16,22H2,(H,29,30)(H,31,32). The summed E-state index contributed by atoms with van der Waals surface area (Å²) in [7, 11) is 0. The normalized spacial score (nSPS) is 28.7. The van der Waals surface area contributed by atoms with Crippen LogP contribution in [0.15, 0.2) is 0 Å². The lowest BCUT2D eigenvalue weighted by molar-refractivity contribution is -0.141. The molecule has 1 atom stereocenters. The van der Waals surface area contributed by atoms with Gasteiger partial charge >= 0.3 is 11.9 Å². The van der Waals surface area contributed by atoms with Crippen molar-refractivity contribution in [3.8, 4) is 0 Å². The molecule has 6 N–H and O–H groups in total. The van der Waals surface area contributed by atoms with Crippen LogP contribution in [-0.4, -0.2) is 136 Å². The van der Waals surface area contributed by atoms with Crippen LogP contribution in [0.25, 0.3) is 0 Å². The number of carbonyl (C=O) groups is 2. The van der Waals surface area contributed by atoms with Crippen LogP contribution in [0, 0.1) is 5.92 Å². The maximum atomic E-state index is 11.7. The minimum Gasteiger partial charge on any atom is -0.480 e. The molecule has 1 heterocycles. The number of carboxylic acid groups (broad SMARTS) is 2. The number of rotatable bonds is 8. The van der Waals surface area contributed by atoms with Crippen molar-refractivity contribution in [2.75, 3.05) is 72.4 Å². The topological polar surface area (TPSA) is 154 Å². The van der Waals surface area contributed by atoms with Gasteiger partial charge < -0.3 is 26.2 Å². The summed E-state index contributed by atoms with van der Waals surface area (Å²) in [5, 5.41) is 38.4. The van der Waals surface area contributed by atoms with E-state index < -0.39 is 11.9 Å². The minimum atomic E-state index is -0.925. The molecule has 1 unspecified atom stereocenters. The Morgan fingerprint density at radius 1 is 0.750 bits per heavy atom. The van der Waals surface area contributed by atoms with Crippen LogP contribution >= 0.6 is 0 Å². The summed E-state index contributed by atoms with van der Waals surface area (Å²) < 4.78 is 0. The fraction of sp³-hybridized carbons (Fsp3) is 0.905. The molecule has 0 aromatic carbocycles. The van der Waals surface area contributed by atoms with Gasteiger partial charge in [-0.15, -0.1) is 0 Å². The lowest BCUT2D eigenvalue weighted by Gasteiger charge is -2.39. The predicted octanol–water partition coefficient (Wildman–Crippen LogP) is -1.45. The van der Waals surface area contributed by atoms with Crippen LogP contribution in [0.5, 0.6) is 0 Å². The van der Waals surface area contributed by atoms with Gasteiger partial charge in [-0.1, -0.05) is 0 Å². The first-order chi connectivity index (χ1) is 15.3. The third-order valence-corrected chi connectivity index (χ3v) is 6.75. The quantitative estimate of drug-likeness (QED) is 0.290. The summed E-state index contributed by atoms with van der Waals surface area (Å²) in [6.45, 7) is 2.87. The minimum absolute atomic E-state index is 0.118. The molecule has 1 aliphatic heterocycles. The van der Waals surface area contributed by atoms with Crippen molar-refractivity contribution in [3.05, 3.63) is 0 Å². The molecule has 0 radical (unpaired) electrons. The summed E-state index contributed by atoms with van der Waals surface area (Å²) in [4.78, 5) is 30.6. The van der Waals surface area contributed by atoms with E-state index in [-0.39, 0.29) is 38.6 Å². The molecule has 1 saturated carbocycles. The summed E-state index contributed by atoms with van der Waals surface area (Å²) >= 11 is 0. The van der Waals surface area contributed by atoms with Gasteiger partial charge in [-0.25, -0.2) is 0 Å². The highest BCUT2D eigenvalue weighted by Crippen LogP contribution is 2.28. The van der Waals surface area contributed by atoms with E-state index in [9.17, 15) is 30.0 Å². The number of aliphatic hydroxyl groups excluding tert-OH is 2. The maximum absolute atomic E-state index is 11.7. The number of aliphatic carboxylic acids is 2. The highest BCUT2D eigenvalue weighted by Gasteiger charge is 2.29. The molecular formula is C21H41N5O6. The highest BCUT2D eigenvalue weighted by atomic mass is 16.4. The number of carboxylic acids is 2. The Bertz CT molecular complexity index is 575. The van der Waals surface area contributed by atoms with Crippen LogP contribution in [0.4, 0.5) is 0 Å². The van der Waals surface area contributed by atoms with Gasteiger partial charge in [0.1, 0.15) is 0 Å². The Morgan fingerprint density at radius 2 is 1.25 bits per heavy atom. The third-order valence-electron chi connectivity index (χ3n) is 6.75. The van der Waals surface area contributed by atoms with Crippen molar-refractivity contribution in [2.45, 2.75) is 44.2 Å². The predicted molar refractivity (Wildman–Crippen MR) is 119 cm³/mol. The zero-order valence-corrected chi connectivity index (χ0v) is 19.0. The van der Waals surface area contributed by atoms with Gasteiger partial charge in [0.15, 0.2) is 0 Å². The van der Waals surface area contributed by atoms with Gasteiger partial charge in [0.25, 0.3) is 0 Å². The van der Waals surface area contributed by atoms with E-state index >= 15 is 0 Å². The van der Waals surface area contributed by atoms with E-state index in [4.69, 9.17) is 5.73 Å². The fourth-order valence-electron chi connectivity index (χ4n) is 4.78.